The third kappa shape index (κ3) is 4.74. The number of likely N-dealkylation sites (N-methyl/N-ethyl adjacent to an activating group) is 1. The fraction of sp³-hybridized carbons (Fsp3) is 0.350. The number of nitrogens with one attached hydrogen (secondary N) is 1. The van der Waals surface area contributed by atoms with Crippen molar-refractivity contribution in [3.8, 4) is 0 Å². The lowest BCUT2D eigenvalue weighted by atomic mass is 10.1. The Hall–Kier alpha value is -2.22. The summed E-state index contributed by atoms with van der Waals surface area (Å²) in [6, 6.07) is 14.1. The molecular formula is C20H25N3O3S. The van der Waals surface area contributed by atoms with E-state index in [4.69, 9.17) is 0 Å². The Bertz CT molecular complexity index is 905. The molecule has 27 heavy (non-hydrogen) atoms. The minimum Gasteiger partial charge on any atom is -0.336 e. The van der Waals surface area contributed by atoms with E-state index in [0.717, 1.165) is 24.2 Å². The molecule has 0 spiro atoms. The van der Waals surface area contributed by atoms with Crippen LogP contribution >= 0.6 is 0 Å². The van der Waals surface area contributed by atoms with Crippen molar-refractivity contribution in [3.63, 3.8) is 0 Å². The first kappa shape index (κ1) is 19.5. The van der Waals surface area contributed by atoms with Gasteiger partial charge in [0.2, 0.25) is 10.0 Å². The predicted molar refractivity (Wildman–Crippen MR) is 105 cm³/mol. The van der Waals surface area contributed by atoms with E-state index in [2.05, 4.69) is 9.62 Å². The molecule has 1 N–H and O–H groups in total. The molecule has 0 unspecified atom stereocenters. The Morgan fingerprint density at radius 1 is 1.04 bits per heavy atom. The molecule has 1 aliphatic rings. The van der Waals surface area contributed by atoms with Gasteiger partial charge in [-0.05, 0) is 37.2 Å². The monoisotopic (exact) mass is 387 g/mol. The summed E-state index contributed by atoms with van der Waals surface area (Å²) >= 11 is 0. The first-order valence-corrected chi connectivity index (χ1v) is 10.5. The van der Waals surface area contributed by atoms with Gasteiger partial charge in [0.1, 0.15) is 0 Å². The van der Waals surface area contributed by atoms with Crippen molar-refractivity contribution in [1.29, 1.82) is 0 Å². The van der Waals surface area contributed by atoms with Gasteiger partial charge in [0.05, 0.1) is 4.90 Å². The van der Waals surface area contributed by atoms with Gasteiger partial charge in [0, 0.05) is 38.3 Å². The molecule has 144 valence electrons. The zero-order valence-corrected chi connectivity index (χ0v) is 16.5. The molecule has 7 heteroatoms. The van der Waals surface area contributed by atoms with E-state index in [-0.39, 0.29) is 17.3 Å². The van der Waals surface area contributed by atoms with Crippen LogP contribution in [0.5, 0.6) is 0 Å². The van der Waals surface area contributed by atoms with E-state index in [9.17, 15) is 13.2 Å². The molecule has 3 rings (SSSR count). The van der Waals surface area contributed by atoms with E-state index in [1.54, 1.807) is 17.0 Å². The Morgan fingerprint density at radius 2 is 1.70 bits per heavy atom. The minimum atomic E-state index is -3.70. The first-order valence-electron chi connectivity index (χ1n) is 8.99. The lowest BCUT2D eigenvalue weighted by Crippen LogP contribution is -2.47. The number of carbonyl (C=O) groups is 1. The molecule has 1 aliphatic heterocycles. The molecule has 2 aromatic rings. The maximum atomic E-state index is 12.9. The van der Waals surface area contributed by atoms with Crippen LogP contribution in [0.3, 0.4) is 0 Å². The highest BCUT2D eigenvalue weighted by molar-refractivity contribution is 7.89. The molecule has 0 aromatic heterocycles. The summed E-state index contributed by atoms with van der Waals surface area (Å²) in [7, 11) is -1.67. The summed E-state index contributed by atoms with van der Waals surface area (Å²) in [6.07, 6.45) is 0. The number of carbonyl (C=O) groups excluding carboxylic acids is 1. The third-order valence-corrected chi connectivity index (χ3v) is 6.25. The lowest BCUT2D eigenvalue weighted by Gasteiger charge is -2.32. The number of hydrogen-bond acceptors (Lipinski definition) is 4. The van der Waals surface area contributed by atoms with Crippen LogP contribution in [0.15, 0.2) is 53.4 Å². The number of piperazine rings is 1. The van der Waals surface area contributed by atoms with Gasteiger partial charge < -0.3 is 9.80 Å². The fourth-order valence-electron chi connectivity index (χ4n) is 3.04. The van der Waals surface area contributed by atoms with Gasteiger partial charge in [-0.1, -0.05) is 36.4 Å². The van der Waals surface area contributed by atoms with Crippen molar-refractivity contribution in [2.45, 2.75) is 18.4 Å². The van der Waals surface area contributed by atoms with Crippen molar-refractivity contribution in [1.82, 2.24) is 14.5 Å². The summed E-state index contributed by atoms with van der Waals surface area (Å²) in [5, 5.41) is 0. The summed E-state index contributed by atoms with van der Waals surface area (Å²) in [6.45, 7) is 4.98. The number of hydrogen-bond donors (Lipinski definition) is 1. The highest BCUT2D eigenvalue weighted by Crippen LogP contribution is 2.18. The molecule has 1 heterocycles. The van der Waals surface area contributed by atoms with E-state index >= 15 is 0 Å². The highest BCUT2D eigenvalue weighted by atomic mass is 32.2. The SMILES string of the molecule is Cc1ccc(S(=O)(=O)NCc2ccccc2)cc1C(=O)N1CCN(C)CC1. The first-order chi connectivity index (χ1) is 12.9. The van der Waals surface area contributed by atoms with Gasteiger partial charge in [0.25, 0.3) is 5.91 Å². The van der Waals surface area contributed by atoms with Gasteiger partial charge in [-0.2, -0.15) is 0 Å². The zero-order chi connectivity index (χ0) is 19.4. The number of nitrogens with zero attached hydrogens (tertiary/aromatic N) is 2. The Balaban J connectivity index is 1.78. The van der Waals surface area contributed by atoms with Crippen LogP contribution in [0, 0.1) is 6.92 Å². The van der Waals surface area contributed by atoms with E-state index < -0.39 is 10.0 Å². The van der Waals surface area contributed by atoms with Crippen molar-refractivity contribution < 1.29 is 13.2 Å². The van der Waals surface area contributed by atoms with Crippen LogP contribution in [0.4, 0.5) is 0 Å². The molecule has 1 saturated heterocycles. The molecule has 0 aliphatic carbocycles. The molecule has 2 aromatic carbocycles. The van der Waals surface area contributed by atoms with Gasteiger partial charge in [-0.3, -0.25) is 4.79 Å². The number of aryl methyl sites for hydroxylation is 1. The Kier molecular flexibility index (Phi) is 5.94. The van der Waals surface area contributed by atoms with Crippen LogP contribution < -0.4 is 4.72 Å². The minimum absolute atomic E-state index is 0.110. The average molecular weight is 388 g/mol. The second-order valence-electron chi connectivity index (χ2n) is 6.88. The standard InChI is InChI=1S/C20H25N3O3S/c1-16-8-9-18(27(25,26)21-15-17-6-4-3-5-7-17)14-19(16)20(24)23-12-10-22(2)11-13-23/h3-9,14,21H,10-13,15H2,1-2H3. The second kappa shape index (κ2) is 8.21. The van der Waals surface area contributed by atoms with Crippen molar-refractivity contribution >= 4 is 15.9 Å². The van der Waals surface area contributed by atoms with Crippen LogP contribution in [0.2, 0.25) is 0 Å². The zero-order valence-electron chi connectivity index (χ0n) is 15.7. The summed E-state index contributed by atoms with van der Waals surface area (Å²) in [5.74, 6) is -0.110. The summed E-state index contributed by atoms with van der Waals surface area (Å²) < 4.78 is 27.9. The van der Waals surface area contributed by atoms with Gasteiger partial charge in [-0.15, -0.1) is 0 Å². The van der Waals surface area contributed by atoms with E-state index in [1.165, 1.54) is 6.07 Å². The molecule has 0 atom stereocenters. The molecular weight excluding hydrogens is 362 g/mol. The van der Waals surface area contributed by atoms with Crippen LogP contribution in [0.25, 0.3) is 0 Å². The van der Waals surface area contributed by atoms with Gasteiger partial charge >= 0.3 is 0 Å². The Morgan fingerprint density at radius 3 is 2.37 bits per heavy atom. The van der Waals surface area contributed by atoms with Gasteiger partial charge in [0.15, 0.2) is 0 Å². The molecule has 1 amide bonds. The van der Waals surface area contributed by atoms with Crippen LogP contribution in [0.1, 0.15) is 21.5 Å². The number of sulfonamides is 1. The van der Waals surface area contributed by atoms with Crippen molar-refractivity contribution in [3.05, 3.63) is 65.2 Å². The largest absolute Gasteiger partial charge is 0.336 e. The van der Waals surface area contributed by atoms with E-state index in [0.29, 0.717) is 18.7 Å². The normalized spacial score (nSPS) is 15.7. The van der Waals surface area contributed by atoms with Crippen molar-refractivity contribution in [2.24, 2.45) is 0 Å². The average Bonchev–Trinajstić information content (AvgIpc) is 2.67. The van der Waals surface area contributed by atoms with Crippen LogP contribution in [-0.4, -0.2) is 57.4 Å². The van der Waals surface area contributed by atoms with Gasteiger partial charge in [-0.25, -0.2) is 13.1 Å². The molecule has 0 bridgehead atoms. The van der Waals surface area contributed by atoms with E-state index in [1.807, 2.05) is 44.3 Å². The van der Waals surface area contributed by atoms with Crippen LogP contribution in [-0.2, 0) is 16.6 Å². The molecule has 6 nitrogen and oxygen atoms in total. The topological polar surface area (TPSA) is 69.7 Å². The predicted octanol–water partition coefficient (Wildman–Crippen LogP) is 1.86. The fourth-order valence-corrected chi connectivity index (χ4v) is 4.08. The van der Waals surface area contributed by atoms with Crippen molar-refractivity contribution in [2.75, 3.05) is 33.2 Å². The summed E-state index contributed by atoms with van der Waals surface area (Å²) in [5.41, 5.74) is 2.10. The maximum absolute atomic E-state index is 12.9. The lowest BCUT2D eigenvalue weighted by molar-refractivity contribution is 0.0663. The number of amides is 1. The third-order valence-electron chi connectivity index (χ3n) is 4.85. The second-order valence-corrected chi connectivity index (χ2v) is 8.65. The smallest absolute Gasteiger partial charge is 0.254 e. The molecule has 0 radical (unpaired) electrons. The quantitative estimate of drug-likeness (QED) is 0.850. The molecule has 0 saturated carbocycles. The number of benzene rings is 2. The summed E-state index contributed by atoms with van der Waals surface area (Å²) in [4.78, 5) is 16.9. The number of rotatable bonds is 5. The molecule has 1 fully saturated rings. The highest BCUT2D eigenvalue weighted by Gasteiger charge is 2.23. The Labute approximate surface area is 160 Å². The maximum Gasteiger partial charge on any atom is 0.254 e.